The molecule has 3 rings (SSSR count). The van der Waals surface area contributed by atoms with Crippen LogP contribution in [0.25, 0.3) is 10.8 Å². The zero-order chi connectivity index (χ0) is 14.8. The number of nitrogens with zero attached hydrogens (tertiary/aromatic N) is 1. The molecule has 0 aliphatic carbocycles. The van der Waals surface area contributed by atoms with E-state index in [1.54, 1.807) is 6.07 Å². The molecule has 0 saturated carbocycles. The van der Waals surface area contributed by atoms with Crippen LogP contribution in [0.2, 0.25) is 0 Å². The van der Waals surface area contributed by atoms with Crippen molar-refractivity contribution >= 4 is 22.4 Å². The summed E-state index contributed by atoms with van der Waals surface area (Å²) in [4.78, 5) is 13.9. The molecule has 0 bridgehead atoms. The van der Waals surface area contributed by atoms with Gasteiger partial charge in [0.15, 0.2) is 0 Å². The average Bonchev–Trinajstić information content (AvgIpc) is 2.70. The number of aromatic carboxylic acids is 1. The maximum Gasteiger partial charge on any atom is 0.336 e. The van der Waals surface area contributed by atoms with E-state index >= 15 is 0 Å². The van der Waals surface area contributed by atoms with Gasteiger partial charge in [-0.3, -0.25) is 0 Å². The van der Waals surface area contributed by atoms with E-state index in [0.717, 1.165) is 17.3 Å². The number of hydrogen-bond acceptors (Lipinski definition) is 2. The molecule has 1 N–H and O–H groups in total. The van der Waals surface area contributed by atoms with Gasteiger partial charge in [0.2, 0.25) is 0 Å². The van der Waals surface area contributed by atoms with Crippen molar-refractivity contribution in [3.63, 3.8) is 0 Å². The lowest BCUT2D eigenvalue weighted by Gasteiger charge is -2.31. The highest BCUT2D eigenvalue weighted by Gasteiger charge is 2.20. The normalized spacial score (nSPS) is 19.5. The maximum atomic E-state index is 11.4. The summed E-state index contributed by atoms with van der Waals surface area (Å²) in [5.41, 5.74) is 1.56. The number of carboxylic acids is 1. The van der Waals surface area contributed by atoms with Gasteiger partial charge in [-0.25, -0.2) is 4.79 Å². The summed E-state index contributed by atoms with van der Waals surface area (Å²) in [7, 11) is 0. The summed E-state index contributed by atoms with van der Waals surface area (Å²) in [6.07, 6.45) is 4.98. The zero-order valence-electron chi connectivity index (χ0n) is 12.4. The third-order valence-corrected chi connectivity index (χ3v) is 4.49. The summed E-state index contributed by atoms with van der Waals surface area (Å²) < 4.78 is 0. The number of anilines is 1. The van der Waals surface area contributed by atoms with Crippen LogP contribution in [-0.2, 0) is 0 Å². The molecular formula is C18H21NO2. The summed E-state index contributed by atoms with van der Waals surface area (Å²) in [5.74, 6) is -0.860. The fourth-order valence-electron chi connectivity index (χ4n) is 3.35. The van der Waals surface area contributed by atoms with Crippen LogP contribution in [0.15, 0.2) is 36.4 Å². The minimum absolute atomic E-state index is 0.386. The first-order valence-corrected chi connectivity index (χ1v) is 7.70. The molecule has 1 saturated heterocycles. The molecule has 21 heavy (non-hydrogen) atoms. The van der Waals surface area contributed by atoms with Gasteiger partial charge in [0, 0.05) is 23.7 Å². The minimum Gasteiger partial charge on any atom is -0.478 e. The molecule has 0 radical (unpaired) electrons. The second-order valence-corrected chi connectivity index (χ2v) is 5.87. The van der Waals surface area contributed by atoms with Crippen LogP contribution in [-0.4, -0.2) is 23.7 Å². The smallest absolute Gasteiger partial charge is 0.336 e. The number of fused-ring (bicyclic) bond motifs is 1. The van der Waals surface area contributed by atoms with E-state index in [4.69, 9.17) is 0 Å². The Kier molecular flexibility index (Phi) is 3.82. The SMILES string of the molecule is CC1CCCCCN1c1ccc(C(=O)O)c2ccccc12. The van der Waals surface area contributed by atoms with E-state index in [1.807, 2.05) is 30.3 Å². The predicted octanol–water partition coefficient (Wildman–Crippen LogP) is 4.31. The summed E-state index contributed by atoms with van der Waals surface area (Å²) in [5, 5.41) is 11.2. The quantitative estimate of drug-likeness (QED) is 0.893. The van der Waals surface area contributed by atoms with E-state index in [0.29, 0.717) is 11.6 Å². The van der Waals surface area contributed by atoms with E-state index in [9.17, 15) is 9.90 Å². The zero-order valence-corrected chi connectivity index (χ0v) is 12.4. The van der Waals surface area contributed by atoms with Crippen molar-refractivity contribution in [3.05, 3.63) is 42.0 Å². The molecule has 1 unspecified atom stereocenters. The molecule has 1 aliphatic heterocycles. The number of benzene rings is 2. The van der Waals surface area contributed by atoms with Crippen molar-refractivity contribution in [2.45, 2.75) is 38.6 Å². The Morgan fingerprint density at radius 3 is 2.62 bits per heavy atom. The van der Waals surface area contributed by atoms with E-state index in [-0.39, 0.29) is 0 Å². The Bertz CT molecular complexity index is 665. The second kappa shape index (κ2) is 5.76. The third kappa shape index (κ3) is 2.60. The van der Waals surface area contributed by atoms with E-state index in [2.05, 4.69) is 11.8 Å². The monoisotopic (exact) mass is 283 g/mol. The molecule has 1 aliphatic rings. The van der Waals surface area contributed by atoms with Crippen molar-refractivity contribution in [1.29, 1.82) is 0 Å². The van der Waals surface area contributed by atoms with Crippen molar-refractivity contribution in [2.75, 3.05) is 11.4 Å². The van der Waals surface area contributed by atoms with Crippen LogP contribution in [0.4, 0.5) is 5.69 Å². The van der Waals surface area contributed by atoms with Crippen LogP contribution < -0.4 is 4.90 Å². The number of hydrogen-bond donors (Lipinski definition) is 1. The Balaban J connectivity index is 2.15. The van der Waals surface area contributed by atoms with Gasteiger partial charge in [-0.05, 0) is 37.3 Å². The molecule has 1 atom stereocenters. The predicted molar refractivity (Wildman–Crippen MR) is 86.2 cm³/mol. The van der Waals surface area contributed by atoms with Crippen LogP contribution in [0.1, 0.15) is 43.0 Å². The van der Waals surface area contributed by atoms with Crippen LogP contribution in [0, 0.1) is 0 Å². The van der Waals surface area contributed by atoms with Crippen molar-refractivity contribution in [2.24, 2.45) is 0 Å². The highest BCUT2D eigenvalue weighted by atomic mass is 16.4. The number of carbonyl (C=O) groups is 1. The fraction of sp³-hybridized carbons (Fsp3) is 0.389. The first-order chi connectivity index (χ1) is 10.2. The molecule has 0 aromatic heterocycles. The first kappa shape index (κ1) is 13.9. The number of rotatable bonds is 2. The van der Waals surface area contributed by atoms with Gasteiger partial charge >= 0.3 is 5.97 Å². The highest BCUT2D eigenvalue weighted by Crippen LogP contribution is 2.33. The van der Waals surface area contributed by atoms with E-state index in [1.165, 1.54) is 31.4 Å². The second-order valence-electron chi connectivity index (χ2n) is 5.87. The molecule has 0 amide bonds. The van der Waals surface area contributed by atoms with Gasteiger partial charge in [-0.2, -0.15) is 0 Å². The van der Waals surface area contributed by atoms with Gasteiger partial charge in [-0.1, -0.05) is 37.1 Å². The lowest BCUT2D eigenvalue weighted by Crippen LogP contribution is -2.32. The molecule has 1 fully saturated rings. The lowest BCUT2D eigenvalue weighted by molar-refractivity contribution is 0.0699. The van der Waals surface area contributed by atoms with Crippen LogP contribution in [0.3, 0.4) is 0 Å². The lowest BCUT2D eigenvalue weighted by atomic mass is 10.0. The highest BCUT2D eigenvalue weighted by molar-refractivity contribution is 6.07. The molecule has 3 heteroatoms. The van der Waals surface area contributed by atoms with Gasteiger partial charge in [-0.15, -0.1) is 0 Å². The minimum atomic E-state index is -0.860. The topological polar surface area (TPSA) is 40.5 Å². The Morgan fingerprint density at radius 2 is 1.86 bits per heavy atom. The van der Waals surface area contributed by atoms with Crippen molar-refractivity contribution in [1.82, 2.24) is 0 Å². The first-order valence-electron chi connectivity index (χ1n) is 7.70. The molecule has 2 aromatic rings. The molecule has 1 heterocycles. The standard InChI is InChI=1S/C18H21NO2/c1-13-7-3-2-6-12-19(13)17-11-10-16(18(20)21)14-8-4-5-9-15(14)17/h4-5,8-11,13H,2-3,6-7,12H2,1H3,(H,20,21). The maximum absolute atomic E-state index is 11.4. The summed E-state index contributed by atoms with van der Waals surface area (Å²) in [6, 6.07) is 12.1. The van der Waals surface area contributed by atoms with Gasteiger partial charge in [0.25, 0.3) is 0 Å². The Hall–Kier alpha value is -2.03. The molecule has 2 aromatic carbocycles. The summed E-state index contributed by atoms with van der Waals surface area (Å²) in [6.45, 7) is 3.32. The van der Waals surface area contributed by atoms with Gasteiger partial charge in [0.1, 0.15) is 0 Å². The van der Waals surface area contributed by atoms with E-state index < -0.39 is 5.97 Å². The summed E-state index contributed by atoms with van der Waals surface area (Å²) >= 11 is 0. The third-order valence-electron chi connectivity index (χ3n) is 4.49. The van der Waals surface area contributed by atoms with Crippen LogP contribution >= 0.6 is 0 Å². The van der Waals surface area contributed by atoms with Gasteiger partial charge < -0.3 is 10.0 Å². The van der Waals surface area contributed by atoms with Gasteiger partial charge in [0.05, 0.1) is 5.56 Å². The Morgan fingerprint density at radius 1 is 1.10 bits per heavy atom. The van der Waals surface area contributed by atoms with Crippen molar-refractivity contribution in [3.8, 4) is 0 Å². The average molecular weight is 283 g/mol. The Labute approximate surface area is 125 Å². The van der Waals surface area contributed by atoms with Crippen molar-refractivity contribution < 1.29 is 9.90 Å². The fourth-order valence-corrected chi connectivity index (χ4v) is 3.35. The number of carboxylic acid groups (broad SMARTS) is 1. The van der Waals surface area contributed by atoms with Crippen LogP contribution in [0.5, 0.6) is 0 Å². The molecule has 110 valence electrons. The molecule has 3 nitrogen and oxygen atoms in total. The largest absolute Gasteiger partial charge is 0.478 e. The molecular weight excluding hydrogens is 262 g/mol. The molecule has 0 spiro atoms.